The van der Waals surface area contributed by atoms with Gasteiger partial charge >= 0.3 is 6.18 Å². The molecule has 0 spiro atoms. The average Bonchev–Trinajstić information content (AvgIpc) is 2.70. The fraction of sp³-hybridized carbons (Fsp3) is 0.409. The highest BCUT2D eigenvalue weighted by Gasteiger charge is 2.31. The fourth-order valence-electron chi connectivity index (χ4n) is 3.74. The number of hydrogen-bond donors (Lipinski definition) is 3. The first-order valence-corrected chi connectivity index (χ1v) is 10.0. The van der Waals surface area contributed by atoms with Gasteiger partial charge in [-0.1, -0.05) is 42.5 Å². The van der Waals surface area contributed by atoms with Gasteiger partial charge in [-0.05, 0) is 24.1 Å². The van der Waals surface area contributed by atoms with Crippen molar-refractivity contribution in [1.82, 2.24) is 5.32 Å². The molecule has 0 aromatic heterocycles. The number of nitrogens with one attached hydrogen (secondary N) is 3. The number of alkyl halides is 3. The zero-order valence-electron chi connectivity index (χ0n) is 16.4. The van der Waals surface area contributed by atoms with Crippen molar-refractivity contribution in [1.29, 1.82) is 0 Å². The first-order valence-electron chi connectivity index (χ1n) is 10.0. The van der Waals surface area contributed by atoms with Gasteiger partial charge in [0.1, 0.15) is 32.7 Å². The molecule has 0 bridgehead atoms. The normalized spacial score (nSPS) is 19.7. The van der Waals surface area contributed by atoms with Crippen molar-refractivity contribution >= 4 is 5.91 Å². The van der Waals surface area contributed by atoms with Gasteiger partial charge in [0.25, 0.3) is 5.91 Å². The molecule has 3 rings (SSSR count). The molecule has 156 valence electrons. The minimum atomic E-state index is -4.30. The van der Waals surface area contributed by atoms with E-state index in [0.717, 1.165) is 38.7 Å². The molecule has 0 saturated carbocycles. The zero-order valence-corrected chi connectivity index (χ0v) is 16.4. The van der Waals surface area contributed by atoms with Gasteiger partial charge in [-0.3, -0.25) is 4.79 Å². The molecule has 3 N–H and O–H groups in total. The van der Waals surface area contributed by atoms with E-state index in [1.165, 1.54) is 27.5 Å². The molecule has 0 radical (unpaired) electrons. The van der Waals surface area contributed by atoms with E-state index < -0.39 is 11.7 Å². The maximum absolute atomic E-state index is 12.9. The Labute approximate surface area is 169 Å². The topological polar surface area (TPSA) is 38.0 Å². The number of halogens is 3. The largest absolute Gasteiger partial charge is 0.416 e. The Hall–Kier alpha value is -2.38. The number of amides is 1. The van der Waals surface area contributed by atoms with Crippen LogP contribution in [0.5, 0.6) is 0 Å². The van der Waals surface area contributed by atoms with Gasteiger partial charge in [-0.2, -0.15) is 13.2 Å². The van der Waals surface area contributed by atoms with E-state index in [1.807, 2.05) is 30.3 Å². The second-order valence-electron chi connectivity index (χ2n) is 7.64. The third-order valence-corrected chi connectivity index (χ3v) is 5.36. The van der Waals surface area contributed by atoms with Gasteiger partial charge in [0, 0.05) is 12.1 Å². The summed E-state index contributed by atoms with van der Waals surface area (Å²) < 4.78 is 38.6. The van der Waals surface area contributed by atoms with Gasteiger partial charge < -0.3 is 15.1 Å². The fourth-order valence-corrected chi connectivity index (χ4v) is 3.74. The number of benzene rings is 2. The van der Waals surface area contributed by atoms with Crippen molar-refractivity contribution < 1.29 is 27.8 Å². The first kappa shape index (κ1) is 21.3. The van der Waals surface area contributed by atoms with Crippen LogP contribution in [0.4, 0.5) is 13.2 Å². The van der Waals surface area contributed by atoms with Crippen LogP contribution in [0.15, 0.2) is 54.6 Å². The maximum atomic E-state index is 12.9. The van der Waals surface area contributed by atoms with Gasteiger partial charge in [0.05, 0.1) is 5.56 Å². The standard InChI is InChI=1S/C22H26F3N3O/c23-22(24,25)20-8-4-7-19(15-20)16-27-11-13-28(14-12-27)17-21(29)26-10-9-18-5-2-1-3-6-18/h1-8,15H,9-14,16-17H2,(H,26,29)/p+2. The summed E-state index contributed by atoms with van der Waals surface area (Å²) in [7, 11) is 0. The van der Waals surface area contributed by atoms with Crippen LogP contribution in [0, 0.1) is 0 Å². The molecule has 1 aliphatic rings. The number of carbonyl (C=O) groups is 1. The second kappa shape index (κ2) is 9.89. The monoisotopic (exact) mass is 407 g/mol. The number of carbonyl (C=O) groups excluding carboxylic acids is 1. The summed E-state index contributed by atoms with van der Waals surface area (Å²) in [5.41, 5.74) is 1.31. The van der Waals surface area contributed by atoms with Crippen LogP contribution in [0.1, 0.15) is 16.7 Å². The summed E-state index contributed by atoms with van der Waals surface area (Å²) in [5, 5.41) is 2.98. The van der Waals surface area contributed by atoms with E-state index in [-0.39, 0.29) is 5.91 Å². The molecule has 1 saturated heterocycles. The summed E-state index contributed by atoms with van der Waals surface area (Å²) in [6.07, 6.45) is -3.49. The summed E-state index contributed by atoms with van der Waals surface area (Å²) in [6.45, 7) is 5.06. The summed E-state index contributed by atoms with van der Waals surface area (Å²) in [5.74, 6) is 0.0530. The Morgan fingerprint density at radius 3 is 2.24 bits per heavy atom. The molecular weight excluding hydrogens is 379 g/mol. The number of piperazine rings is 1. The molecule has 0 aliphatic carbocycles. The Morgan fingerprint density at radius 1 is 0.897 bits per heavy atom. The Kier molecular flexibility index (Phi) is 7.28. The lowest BCUT2D eigenvalue weighted by Gasteiger charge is -2.29. The molecule has 1 aliphatic heterocycles. The molecule has 4 nitrogen and oxygen atoms in total. The second-order valence-corrected chi connectivity index (χ2v) is 7.64. The van der Waals surface area contributed by atoms with Crippen LogP contribution in [0.2, 0.25) is 0 Å². The minimum absolute atomic E-state index is 0.0530. The van der Waals surface area contributed by atoms with Crippen LogP contribution in [-0.4, -0.2) is 45.2 Å². The van der Waals surface area contributed by atoms with Gasteiger partial charge in [-0.25, -0.2) is 0 Å². The van der Waals surface area contributed by atoms with Crippen LogP contribution < -0.4 is 15.1 Å². The van der Waals surface area contributed by atoms with E-state index in [4.69, 9.17) is 0 Å². The van der Waals surface area contributed by atoms with E-state index >= 15 is 0 Å². The highest BCUT2D eigenvalue weighted by molar-refractivity contribution is 5.76. The molecule has 1 heterocycles. The van der Waals surface area contributed by atoms with Gasteiger partial charge in [0.2, 0.25) is 0 Å². The summed E-state index contributed by atoms with van der Waals surface area (Å²) in [6, 6.07) is 15.6. The number of rotatable bonds is 7. The third-order valence-electron chi connectivity index (χ3n) is 5.36. The molecule has 7 heteroatoms. The van der Waals surface area contributed by atoms with E-state index in [9.17, 15) is 18.0 Å². The number of quaternary nitrogens is 2. The Morgan fingerprint density at radius 2 is 1.55 bits per heavy atom. The molecule has 2 aromatic rings. The van der Waals surface area contributed by atoms with Crippen LogP contribution >= 0.6 is 0 Å². The predicted molar refractivity (Wildman–Crippen MR) is 105 cm³/mol. The van der Waals surface area contributed by atoms with E-state index in [2.05, 4.69) is 5.32 Å². The average molecular weight is 407 g/mol. The Bertz CT molecular complexity index is 787. The molecule has 1 fully saturated rings. The van der Waals surface area contributed by atoms with Crippen LogP contribution in [0.25, 0.3) is 0 Å². The lowest BCUT2D eigenvalue weighted by atomic mass is 10.1. The van der Waals surface area contributed by atoms with Gasteiger partial charge in [0.15, 0.2) is 6.54 Å². The van der Waals surface area contributed by atoms with Crippen molar-refractivity contribution in [2.45, 2.75) is 19.1 Å². The first-order chi connectivity index (χ1) is 13.9. The lowest BCUT2D eigenvalue weighted by molar-refractivity contribution is -1.02. The van der Waals surface area contributed by atoms with Crippen molar-refractivity contribution in [3.05, 3.63) is 71.3 Å². The lowest BCUT2D eigenvalue weighted by Crippen LogP contribution is -3.28. The van der Waals surface area contributed by atoms with Crippen molar-refractivity contribution in [3.8, 4) is 0 Å². The smallest absolute Gasteiger partial charge is 0.351 e. The van der Waals surface area contributed by atoms with E-state index in [0.29, 0.717) is 25.2 Å². The quantitative estimate of drug-likeness (QED) is 0.609. The summed E-state index contributed by atoms with van der Waals surface area (Å²) >= 11 is 0. The van der Waals surface area contributed by atoms with Crippen molar-refractivity contribution in [3.63, 3.8) is 0 Å². The molecule has 0 atom stereocenters. The maximum Gasteiger partial charge on any atom is 0.416 e. The molecule has 1 amide bonds. The zero-order chi connectivity index (χ0) is 20.7. The highest BCUT2D eigenvalue weighted by Crippen LogP contribution is 2.29. The molecule has 2 aromatic carbocycles. The van der Waals surface area contributed by atoms with Crippen molar-refractivity contribution in [2.24, 2.45) is 0 Å². The molecular formula is C22H28F3N3O+2. The molecule has 0 unspecified atom stereocenters. The SMILES string of the molecule is O=C(C[NH+]1CC[NH+](Cc2cccc(C(F)(F)F)c2)CC1)NCCc1ccccc1. The minimum Gasteiger partial charge on any atom is -0.351 e. The number of hydrogen-bond acceptors (Lipinski definition) is 1. The summed E-state index contributed by atoms with van der Waals surface area (Å²) in [4.78, 5) is 14.7. The van der Waals surface area contributed by atoms with Crippen LogP contribution in [-0.2, 0) is 23.9 Å². The third kappa shape index (κ3) is 6.87. The highest BCUT2D eigenvalue weighted by atomic mass is 19.4. The van der Waals surface area contributed by atoms with Crippen LogP contribution in [0.3, 0.4) is 0 Å². The van der Waals surface area contributed by atoms with E-state index in [1.54, 1.807) is 6.07 Å². The molecule has 29 heavy (non-hydrogen) atoms. The predicted octanol–water partition coefficient (Wildman–Crippen LogP) is 0.348. The van der Waals surface area contributed by atoms with Gasteiger partial charge in [-0.15, -0.1) is 0 Å². The van der Waals surface area contributed by atoms with Crippen molar-refractivity contribution in [2.75, 3.05) is 39.3 Å². The Balaban J connectivity index is 1.37.